The summed E-state index contributed by atoms with van der Waals surface area (Å²) in [5.74, 6) is -0.573. The zero-order valence-electron chi connectivity index (χ0n) is 10.7. The van der Waals surface area contributed by atoms with Gasteiger partial charge in [-0.15, -0.1) is 0 Å². The van der Waals surface area contributed by atoms with Gasteiger partial charge in [0.05, 0.1) is 5.84 Å². The number of nitrogens with two attached hydrogens (primary N) is 1. The molecule has 0 aliphatic carbocycles. The van der Waals surface area contributed by atoms with Crippen LogP contribution in [-0.4, -0.2) is 5.84 Å². The molecule has 0 aliphatic rings. The van der Waals surface area contributed by atoms with E-state index in [1.807, 2.05) is 0 Å². The summed E-state index contributed by atoms with van der Waals surface area (Å²) < 4.78 is 31.4. The number of benzene rings is 2. The van der Waals surface area contributed by atoms with Crippen LogP contribution < -0.4 is 10.5 Å². The molecule has 20 heavy (non-hydrogen) atoms. The second-order valence-corrected chi connectivity index (χ2v) is 4.41. The fourth-order valence-corrected chi connectivity index (χ4v) is 1.78. The maximum Gasteiger partial charge on any atom is 0.126 e. The van der Waals surface area contributed by atoms with Gasteiger partial charge in [0.25, 0.3) is 0 Å². The average Bonchev–Trinajstić information content (AvgIpc) is 2.36. The van der Waals surface area contributed by atoms with Crippen LogP contribution in [0.2, 0.25) is 0 Å². The molecule has 0 fully saturated rings. The van der Waals surface area contributed by atoms with Gasteiger partial charge in [-0.25, -0.2) is 8.78 Å². The third kappa shape index (κ3) is 4.05. The molecule has 104 valence electrons. The van der Waals surface area contributed by atoms with Gasteiger partial charge in [0, 0.05) is 12.5 Å². The molecule has 0 saturated carbocycles. The van der Waals surface area contributed by atoms with E-state index in [2.05, 4.69) is 0 Å². The quantitative estimate of drug-likeness (QED) is 0.651. The number of nitrogens with one attached hydrogen (secondary N) is 1. The van der Waals surface area contributed by atoms with Crippen molar-refractivity contribution in [1.82, 2.24) is 0 Å². The lowest BCUT2D eigenvalue weighted by Crippen LogP contribution is -2.12. The molecule has 0 spiro atoms. The first-order valence-electron chi connectivity index (χ1n) is 6.02. The van der Waals surface area contributed by atoms with Gasteiger partial charge in [0.2, 0.25) is 0 Å². The van der Waals surface area contributed by atoms with Crippen molar-refractivity contribution in [2.75, 3.05) is 0 Å². The van der Waals surface area contributed by atoms with E-state index in [4.69, 9.17) is 15.9 Å². The van der Waals surface area contributed by atoms with E-state index in [0.29, 0.717) is 17.7 Å². The topological polar surface area (TPSA) is 59.1 Å². The zero-order valence-corrected chi connectivity index (χ0v) is 10.7. The first-order valence-corrected chi connectivity index (χ1v) is 6.02. The second-order valence-electron chi connectivity index (χ2n) is 4.41. The molecule has 0 radical (unpaired) electrons. The predicted molar refractivity (Wildman–Crippen MR) is 72.8 cm³/mol. The molecule has 0 atom stereocenters. The van der Waals surface area contributed by atoms with Gasteiger partial charge in [-0.2, -0.15) is 0 Å². The second kappa shape index (κ2) is 6.14. The Morgan fingerprint density at radius 3 is 2.15 bits per heavy atom. The first kappa shape index (κ1) is 14.0. The van der Waals surface area contributed by atoms with Crippen molar-refractivity contribution < 1.29 is 13.5 Å². The van der Waals surface area contributed by atoms with Gasteiger partial charge in [0.1, 0.15) is 24.0 Å². The van der Waals surface area contributed by atoms with Crippen LogP contribution in [0.1, 0.15) is 11.1 Å². The molecule has 0 amide bonds. The van der Waals surface area contributed by atoms with Crippen molar-refractivity contribution in [3.63, 3.8) is 0 Å². The molecular formula is C15H14F2N2O. The molecule has 0 heterocycles. The highest BCUT2D eigenvalue weighted by molar-refractivity contribution is 5.79. The number of halogens is 2. The van der Waals surface area contributed by atoms with E-state index in [0.717, 1.165) is 11.6 Å². The third-order valence-corrected chi connectivity index (χ3v) is 2.65. The molecule has 0 bridgehead atoms. The van der Waals surface area contributed by atoms with Crippen molar-refractivity contribution in [2.24, 2.45) is 5.73 Å². The van der Waals surface area contributed by atoms with Gasteiger partial charge in [0.15, 0.2) is 0 Å². The lowest BCUT2D eigenvalue weighted by Gasteiger charge is -2.07. The molecule has 2 aromatic rings. The maximum atomic E-state index is 13.0. The summed E-state index contributed by atoms with van der Waals surface area (Å²) in [5.41, 5.74) is 6.64. The highest BCUT2D eigenvalue weighted by Gasteiger charge is 2.02. The Kier molecular flexibility index (Phi) is 4.30. The van der Waals surface area contributed by atoms with E-state index in [1.165, 1.54) is 12.1 Å². The molecule has 2 aromatic carbocycles. The van der Waals surface area contributed by atoms with Crippen LogP contribution in [0.3, 0.4) is 0 Å². The van der Waals surface area contributed by atoms with E-state index in [-0.39, 0.29) is 12.4 Å². The molecule has 5 heteroatoms. The summed E-state index contributed by atoms with van der Waals surface area (Å²) in [7, 11) is 0. The lowest BCUT2D eigenvalue weighted by molar-refractivity contribution is 0.304. The number of ether oxygens (including phenoxy) is 1. The Bertz CT molecular complexity index is 592. The summed E-state index contributed by atoms with van der Waals surface area (Å²) in [5, 5.41) is 7.19. The molecule has 0 saturated heterocycles. The predicted octanol–water partition coefficient (Wildman–Crippen LogP) is 3.02. The summed E-state index contributed by atoms with van der Waals surface area (Å²) in [6, 6.07) is 10.3. The summed E-state index contributed by atoms with van der Waals surface area (Å²) in [4.78, 5) is 0. The molecular weight excluding hydrogens is 262 g/mol. The molecule has 2 rings (SSSR count). The van der Waals surface area contributed by atoms with Crippen molar-refractivity contribution in [3.05, 3.63) is 65.2 Å². The SMILES string of the molecule is N=C(N)Cc1ccc(OCc2cc(F)cc(F)c2)cc1. The number of hydrogen-bond donors (Lipinski definition) is 2. The summed E-state index contributed by atoms with van der Waals surface area (Å²) in [6.07, 6.45) is 0.384. The molecule has 0 unspecified atom stereocenters. The van der Waals surface area contributed by atoms with Crippen LogP contribution in [0, 0.1) is 17.0 Å². The number of hydrogen-bond acceptors (Lipinski definition) is 2. The minimum Gasteiger partial charge on any atom is -0.489 e. The highest BCUT2D eigenvalue weighted by atomic mass is 19.1. The van der Waals surface area contributed by atoms with E-state index in [9.17, 15) is 8.78 Å². The van der Waals surface area contributed by atoms with E-state index in [1.54, 1.807) is 24.3 Å². The van der Waals surface area contributed by atoms with Crippen LogP contribution in [0.5, 0.6) is 5.75 Å². The number of rotatable bonds is 5. The zero-order chi connectivity index (χ0) is 14.5. The Labute approximate surface area is 115 Å². The Morgan fingerprint density at radius 2 is 1.60 bits per heavy atom. The van der Waals surface area contributed by atoms with E-state index >= 15 is 0 Å². The van der Waals surface area contributed by atoms with Crippen molar-refractivity contribution in [1.29, 1.82) is 5.41 Å². The van der Waals surface area contributed by atoms with E-state index < -0.39 is 11.6 Å². The monoisotopic (exact) mass is 276 g/mol. The van der Waals surface area contributed by atoms with Crippen molar-refractivity contribution in [3.8, 4) is 5.75 Å². The average molecular weight is 276 g/mol. The standard InChI is InChI=1S/C15H14F2N2O/c16-12-5-11(6-13(17)8-12)9-20-14-3-1-10(2-4-14)7-15(18)19/h1-6,8H,7,9H2,(H3,18,19). The van der Waals surface area contributed by atoms with Gasteiger partial charge in [-0.3, -0.25) is 5.41 Å². The third-order valence-electron chi connectivity index (χ3n) is 2.65. The fraction of sp³-hybridized carbons (Fsp3) is 0.133. The first-order chi connectivity index (χ1) is 9.52. The molecule has 3 N–H and O–H groups in total. The maximum absolute atomic E-state index is 13.0. The van der Waals surface area contributed by atoms with Crippen LogP contribution in [0.15, 0.2) is 42.5 Å². The van der Waals surface area contributed by atoms with Gasteiger partial charge >= 0.3 is 0 Å². The van der Waals surface area contributed by atoms with Crippen molar-refractivity contribution in [2.45, 2.75) is 13.0 Å². The summed E-state index contributed by atoms with van der Waals surface area (Å²) in [6.45, 7) is 0.0841. The van der Waals surface area contributed by atoms with Crippen LogP contribution in [-0.2, 0) is 13.0 Å². The van der Waals surface area contributed by atoms with Crippen molar-refractivity contribution >= 4 is 5.84 Å². The highest BCUT2D eigenvalue weighted by Crippen LogP contribution is 2.15. The lowest BCUT2D eigenvalue weighted by atomic mass is 10.1. The largest absolute Gasteiger partial charge is 0.489 e. The Balaban J connectivity index is 1.98. The van der Waals surface area contributed by atoms with Crippen LogP contribution >= 0.6 is 0 Å². The fourth-order valence-electron chi connectivity index (χ4n) is 1.78. The minimum atomic E-state index is -0.625. The summed E-state index contributed by atoms with van der Waals surface area (Å²) >= 11 is 0. The van der Waals surface area contributed by atoms with Crippen LogP contribution in [0.25, 0.3) is 0 Å². The number of amidine groups is 1. The van der Waals surface area contributed by atoms with Crippen LogP contribution in [0.4, 0.5) is 8.78 Å². The smallest absolute Gasteiger partial charge is 0.126 e. The molecule has 0 aliphatic heterocycles. The Hall–Kier alpha value is -2.43. The van der Waals surface area contributed by atoms with Gasteiger partial charge in [-0.05, 0) is 35.4 Å². The molecule has 3 nitrogen and oxygen atoms in total. The normalized spacial score (nSPS) is 10.3. The molecule has 0 aromatic heterocycles. The van der Waals surface area contributed by atoms with Gasteiger partial charge in [-0.1, -0.05) is 12.1 Å². The Morgan fingerprint density at radius 1 is 1.00 bits per heavy atom. The minimum absolute atomic E-state index is 0.0841. The van der Waals surface area contributed by atoms with Gasteiger partial charge < -0.3 is 10.5 Å².